The summed E-state index contributed by atoms with van der Waals surface area (Å²) in [7, 11) is 0. The summed E-state index contributed by atoms with van der Waals surface area (Å²) in [6, 6.07) is 3.89. The molecule has 116 valence electrons. The van der Waals surface area contributed by atoms with Gasteiger partial charge in [0.05, 0.1) is 0 Å². The number of nitrogens with zero attached hydrogens (tertiary/aromatic N) is 2. The first-order valence-electron chi connectivity index (χ1n) is 7.79. The molecule has 1 aromatic rings. The number of pyridine rings is 1. The molecule has 1 aromatic heterocycles. The van der Waals surface area contributed by atoms with Crippen LogP contribution in [0.1, 0.15) is 31.7 Å². The summed E-state index contributed by atoms with van der Waals surface area (Å²) in [5.41, 5.74) is 1.10. The first-order valence-corrected chi connectivity index (χ1v) is 7.79. The van der Waals surface area contributed by atoms with Crippen molar-refractivity contribution in [2.45, 2.75) is 32.7 Å². The van der Waals surface area contributed by atoms with E-state index in [9.17, 15) is 4.79 Å². The number of ether oxygens (including phenoxy) is 1. The lowest BCUT2D eigenvalue weighted by Crippen LogP contribution is -2.39. The summed E-state index contributed by atoms with van der Waals surface area (Å²) in [4.78, 5) is 18.0. The molecule has 1 aliphatic rings. The first kappa shape index (κ1) is 15.8. The van der Waals surface area contributed by atoms with E-state index in [2.05, 4.69) is 10.3 Å². The molecule has 1 saturated heterocycles. The summed E-state index contributed by atoms with van der Waals surface area (Å²) in [5.74, 6) is 0.681. The second kappa shape index (κ2) is 8.62. The van der Waals surface area contributed by atoms with Crippen molar-refractivity contribution < 1.29 is 9.53 Å². The van der Waals surface area contributed by atoms with E-state index in [4.69, 9.17) is 4.74 Å². The van der Waals surface area contributed by atoms with Crippen LogP contribution in [0.25, 0.3) is 0 Å². The normalized spacial score (nSPS) is 17.7. The zero-order valence-corrected chi connectivity index (χ0v) is 12.8. The quantitative estimate of drug-likeness (QED) is 0.785. The van der Waals surface area contributed by atoms with E-state index in [1.54, 1.807) is 12.4 Å². The van der Waals surface area contributed by atoms with Crippen LogP contribution in [0.5, 0.6) is 0 Å². The highest BCUT2D eigenvalue weighted by Crippen LogP contribution is 2.17. The average molecular weight is 291 g/mol. The van der Waals surface area contributed by atoms with Gasteiger partial charge in [-0.05, 0) is 49.8 Å². The van der Waals surface area contributed by atoms with Crippen LogP contribution in [0.3, 0.4) is 0 Å². The van der Waals surface area contributed by atoms with Crippen molar-refractivity contribution in [2.75, 3.05) is 26.3 Å². The fourth-order valence-corrected chi connectivity index (χ4v) is 2.54. The van der Waals surface area contributed by atoms with Gasteiger partial charge in [0.2, 0.25) is 0 Å². The van der Waals surface area contributed by atoms with Crippen LogP contribution in [0.4, 0.5) is 4.79 Å². The van der Waals surface area contributed by atoms with Gasteiger partial charge in [0.25, 0.3) is 0 Å². The Morgan fingerprint density at radius 2 is 2.29 bits per heavy atom. The van der Waals surface area contributed by atoms with Crippen LogP contribution >= 0.6 is 0 Å². The van der Waals surface area contributed by atoms with Crippen LogP contribution in [-0.2, 0) is 11.3 Å². The van der Waals surface area contributed by atoms with E-state index in [1.807, 2.05) is 24.0 Å². The van der Waals surface area contributed by atoms with Gasteiger partial charge < -0.3 is 15.0 Å². The number of carbonyl (C=O) groups excluding carboxylic acids is 1. The van der Waals surface area contributed by atoms with Crippen LogP contribution in [0.15, 0.2) is 24.5 Å². The fraction of sp³-hybridized carbons (Fsp3) is 0.625. The minimum Gasteiger partial charge on any atom is -0.381 e. The van der Waals surface area contributed by atoms with Crippen molar-refractivity contribution in [3.63, 3.8) is 0 Å². The second-order valence-corrected chi connectivity index (χ2v) is 5.47. The Balaban J connectivity index is 1.67. The predicted molar refractivity (Wildman–Crippen MR) is 81.9 cm³/mol. The highest BCUT2D eigenvalue weighted by molar-refractivity contribution is 5.74. The van der Waals surface area contributed by atoms with E-state index in [1.165, 1.54) is 0 Å². The lowest BCUT2D eigenvalue weighted by molar-refractivity contribution is 0.183. The maximum Gasteiger partial charge on any atom is 0.317 e. The Kier molecular flexibility index (Phi) is 6.47. The number of urea groups is 1. The molecule has 2 heterocycles. The summed E-state index contributed by atoms with van der Waals surface area (Å²) < 4.78 is 5.36. The van der Waals surface area contributed by atoms with E-state index >= 15 is 0 Å². The van der Waals surface area contributed by atoms with Gasteiger partial charge in [-0.15, -0.1) is 0 Å². The van der Waals surface area contributed by atoms with Crippen molar-refractivity contribution in [3.8, 4) is 0 Å². The maximum atomic E-state index is 12.1. The molecule has 0 saturated carbocycles. The molecule has 5 nitrogen and oxygen atoms in total. The maximum absolute atomic E-state index is 12.1. The zero-order valence-electron chi connectivity index (χ0n) is 12.8. The zero-order chi connectivity index (χ0) is 14.9. The molecule has 1 atom stereocenters. The van der Waals surface area contributed by atoms with Crippen LogP contribution in [-0.4, -0.2) is 42.2 Å². The molecule has 0 bridgehead atoms. The van der Waals surface area contributed by atoms with Crippen LogP contribution in [0, 0.1) is 5.92 Å². The monoisotopic (exact) mass is 291 g/mol. The second-order valence-electron chi connectivity index (χ2n) is 5.47. The van der Waals surface area contributed by atoms with E-state index < -0.39 is 0 Å². The van der Waals surface area contributed by atoms with Gasteiger partial charge in [-0.3, -0.25) is 4.98 Å². The molecule has 5 heteroatoms. The molecule has 1 aliphatic heterocycles. The molecule has 2 amide bonds. The van der Waals surface area contributed by atoms with E-state index in [-0.39, 0.29) is 6.03 Å². The number of nitrogens with one attached hydrogen (secondary N) is 1. The molecule has 0 unspecified atom stereocenters. The number of hydrogen-bond donors (Lipinski definition) is 1. The topological polar surface area (TPSA) is 54.5 Å². The van der Waals surface area contributed by atoms with Crippen molar-refractivity contribution in [2.24, 2.45) is 5.92 Å². The standard InChI is InChI=1S/C16H25N3O2/c1-2-19(12-14-5-9-17-10-6-14)16(20)18-8-3-4-15-7-11-21-13-15/h5-6,9-10,15H,2-4,7-8,11-13H2,1H3,(H,18,20)/t15-/m1/s1. The minimum atomic E-state index is 0.0111. The third-order valence-electron chi connectivity index (χ3n) is 3.88. The van der Waals surface area contributed by atoms with Crippen molar-refractivity contribution in [3.05, 3.63) is 30.1 Å². The van der Waals surface area contributed by atoms with Gasteiger partial charge in [-0.2, -0.15) is 0 Å². The Morgan fingerprint density at radius 1 is 1.48 bits per heavy atom. The first-order chi connectivity index (χ1) is 10.3. The van der Waals surface area contributed by atoms with Gasteiger partial charge in [-0.25, -0.2) is 4.79 Å². The number of hydrogen-bond acceptors (Lipinski definition) is 3. The average Bonchev–Trinajstić information content (AvgIpc) is 3.03. The number of aromatic nitrogens is 1. The molecule has 1 N–H and O–H groups in total. The molecule has 0 aromatic carbocycles. The number of carbonyl (C=O) groups is 1. The smallest absolute Gasteiger partial charge is 0.317 e. The number of rotatable bonds is 7. The summed E-state index contributed by atoms with van der Waals surface area (Å²) in [6.07, 6.45) is 6.83. The van der Waals surface area contributed by atoms with Gasteiger partial charge in [-0.1, -0.05) is 0 Å². The lowest BCUT2D eigenvalue weighted by Gasteiger charge is -2.21. The molecule has 1 fully saturated rings. The third kappa shape index (κ3) is 5.34. The SMILES string of the molecule is CCN(Cc1ccncc1)C(=O)NCCC[C@@H]1CCOC1. The fourth-order valence-electron chi connectivity index (χ4n) is 2.54. The highest BCUT2D eigenvalue weighted by atomic mass is 16.5. The molecule has 0 aliphatic carbocycles. The molecule has 0 spiro atoms. The Morgan fingerprint density at radius 3 is 2.95 bits per heavy atom. The summed E-state index contributed by atoms with van der Waals surface area (Å²) in [6.45, 7) is 5.84. The van der Waals surface area contributed by atoms with Crippen LogP contribution < -0.4 is 5.32 Å². The van der Waals surface area contributed by atoms with E-state index in [0.29, 0.717) is 19.0 Å². The predicted octanol–water partition coefficient (Wildman–Crippen LogP) is 2.43. The molecular formula is C16H25N3O2. The minimum absolute atomic E-state index is 0.0111. The Bertz CT molecular complexity index is 419. The largest absolute Gasteiger partial charge is 0.381 e. The van der Waals surface area contributed by atoms with Crippen LogP contribution in [0.2, 0.25) is 0 Å². The Labute approximate surface area is 126 Å². The highest BCUT2D eigenvalue weighted by Gasteiger charge is 2.15. The molecule has 0 radical (unpaired) electrons. The molecular weight excluding hydrogens is 266 g/mol. The lowest BCUT2D eigenvalue weighted by atomic mass is 10.0. The number of amides is 2. The van der Waals surface area contributed by atoms with Gasteiger partial charge in [0.1, 0.15) is 0 Å². The van der Waals surface area contributed by atoms with Gasteiger partial charge >= 0.3 is 6.03 Å². The van der Waals surface area contributed by atoms with Crippen molar-refractivity contribution in [1.82, 2.24) is 15.2 Å². The molecule has 2 rings (SSSR count). The van der Waals surface area contributed by atoms with E-state index in [0.717, 1.165) is 44.6 Å². The van der Waals surface area contributed by atoms with Crippen molar-refractivity contribution >= 4 is 6.03 Å². The summed E-state index contributed by atoms with van der Waals surface area (Å²) in [5, 5.41) is 3.01. The third-order valence-corrected chi connectivity index (χ3v) is 3.88. The van der Waals surface area contributed by atoms with Crippen molar-refractivity contribution in [1.29, 1.82) is 0 Å². The van der Waals surface area contributed by atoms with Gasteiger partial charge in [0.15, 0.2) is 0 Å². The van der Waals surface area contributed by atoms with Gasteiger partial charge in [0, 0.05) is 45.2 Å². The Hall–Kier alpha value is -1.62. The molecule has 21 heavy (non-hydrogen) atoms. The summed E-state index contributed by atoms with van der Waals surface area (Å²) >= 11 is 0.